The van der Waals surface area contributed by atoms with Crippen LogP contribution < -0.4 is 0 Å². The summed E-state index contributed by atoms with van der Waals surface area (Å²) in [5.74, 6) is 0. The summed E-state index contributed by atoms with van der Waals surface area (Å²) in [6, 6.07) is 21.3. The molecule has 0 nitrogen and oxygen atoms in total. The molecule has 0 saturated carbocycles. The van der Waals surface area contributed by atoms with Crippen molar-refractivity contribution in [1.29, 1.82) is 0 Å². The molecule has 0 spiro atoms. The lowest BCUT2D eigenvalue weighted by atomic mass is 9.65. The first kappa shape index (κ1) is 14.6. The highest BCUT2D eigenvalue weighted by Gasteiger charge is 2.35. The van der Waals surface area contributed by atoms with E-state index in [1.165, 1.54) is 16.7 Å². The Hall–Kier alpha value is -1.82. The molecule has 0 unspecified atom stereocenters. The van der Waals surface area contributed by atoms with E-state index in [9.17, 15) is 0 Å². The predicted molar refractivity (Wildman–Crippen MR) is 88.1 cm³/mol. The van der Waals surface area contributed by atoms with E-state index in [1.54, 1.807) is 0 Å². The van der Waals surface area contributed by atoms with E-state index in [2.05, 4.69) is 94.9 Å². The van der Waals surface area contributed by atoms with Gasteiger partial charge in [0.1, 0.15) is 0 Å². The number of hydrogen-bond acceptors (Lipinski definition) is 0. The van der Waals surface area contributed by atoms with Crippen LogP contribution in [0.3, 0.4) is 0 Å². The third-order valence-electron chi connectivity index (χ3n) is 4.50. The van der Waals surface area contributed by atoms with Gasteiger partial charge in [-0.2, -0.15) is 0 Å². The van der Waals surface area contributed by atoms with Crippen molar-refractivity contribution in [1.82, 2.24) is 0 Å². The van der Waals surface area contributed by atoms with Crippen molar-refractivity contribution < 1.29 is 0 Å². The van der Waals surface area contributed by atoms with E-state index in [1.807, 2.05) is 0 Å². The van der Waals surface area contributed by atoms with Crippen LogP contribution in [0, 0.1) is 0 Å². The van der Waals surface area contributed by atoms with Crippen LogP contribution >= 0.6 is 0 Å². The summed E-state index contributed by atoms with van der Waals surface area (Å²) >= 11 is 0. The van der Waals surface area contributed by atoms with Crippen LogP contribution in [0.2, 0.25) is 0 Å². The maximum Gasteiger partial charge on any atom is 0.0111 e. The van der Waals surface area contributed by atoms with E-state index in [0.29, 0.717) is 0 Å². The highest BCUT2D eigenvalue weighted by molar-refractivity contribution is 5.43. The van der Waals surface area contributed by atoms with Crippen LogP contribution in [0.4, 0.5) is 0 Å². The first-order valence-electron chi connectivity index (χ1n) is 7.17. The highest BCUT2D eigenvalue weighted by Crippen LogP contribution is 2.42. The second-order valence-electron chi connectivity index (χ2n) is 6.46. The molecule has 0 bridgehead atoms. The summed E-state index contributed by atoms with van der Waals surface area (Å²) in [4.78, 5) is 0. The first-order chi connectivity index (χ1) is 9.37. The highest BCUT2D eigenvalue weighted by atomic mass is 14.4. The fourth-order valence-electron chi connectivity index (χ4n) is 2.84. The van der Waals surface area contributed by atoms with Gasteiger partial charge in [-0.15, -0.1) is 0 Å². The Morgan fingerprint density at radius 3 is 1.25 bits per heavy atom. The molecule has 2 aromatic rings. The molecule has 0 fully saturated rings. The maximum absolute atomic E-state index is 4.45. The molecule has 0 heterocycles. The van der Waals surface area contributed by atoms with E-state index < -0.39 is 0 Å². The van der Waals surface area contributed by atoms with Gasteiger partial charge < -0.3 is 0 Å². The lowest BCUT2D eigenvalue weighted by Gasteiger charge is -2.39. The zero-order valence-corrected chi connectivity index (χ0v) is 13.0. The van der Waals surface area contributed by atoms with Gasteiger partial charge in [0.25, 0.3) is 0 Å². The molecular weight excluding hydrogens is 240 g/mol. The standard InChI is InChI=1S/C20H24/c1-16(19(2,3)17-12-8-6-9-13-17)20(4,5)18-14-10-7-11-15-18/h6-15H,1H2,2-5H3. The molecule has 0 radical (unpaired) electrons. The summed E-state index contributed by atoms with van der Waals surface area (Å²) < 4.78 is 0. The third kappa shape index (κ3) is 2.56. The second-order valence-corrected chi connectivity index (χ2v) is 6.46. The summed E-state index contributed by atoms with van der Waals surface area (Å²) in [7, 11) is 0. The normalized spacial score (nSPS) is 12.2. The molecule has 0 amide bonds. The molecule has 0 aliphatic heterocycles. The largest absolute Gasteiger partial charge is 0.0981 e. The van der Waals surface area contributed by atoms with Crippen LogP contribution in [0.15, 0.2) is 72.8 Å². The minimum Gasteiger partial charge on any atom is -0.0981 e. The molecule has 0 N–H and O–H groups in total. The van der Waals surface area contributed by atoms with E-state index >= 15 is 0 Å². The number of rotatable bonds is 4. The van der Waals surface area contributed by atoms with E-state index in [4.69, 9.17) is 0 Å². The molecule has 20 heavy (non-hydrogen) atoms. The van der Waals surface area contributed by atoms with E-state index in [0.717, 1.165) is 0 Å². The monoisotopic (exact) mass is 264 g/mol. The molecule has 0 aliphatic rings. The Kier molecular flexibility index (Phi) is 3.85. The molecule has 0 aromatic heterocycles. The van der Waals surface area contributed by atoms with Gasteiger partial charge in [-0.1, -0.05) is 101 Å². The Morgan fingerprint density at radius 1 is 0.650 bits per heavy atom. The van der Waals surface area contributed by atoms with Crippen molar-refractivity contribution in [2.45, 2.75) is 38.5 Å². The van der Waals surface area contributed by atoms with Crippen molar-refractivity contribution in [2.24, 2.45) is 0 Å². The maximum atomic E-state index is 4.45. The quantitative estimate of drug-likeness (QED) is 0.640. The average Bonchev–Trinajstić information content (AvgIpc) is 2.48. The Morgan fingerprint density at radius 2 is 0.950 bits per heavy atom. The van der Waals surface area contributed by atoms with Crippen LogP contribution in [0.25, 0.3) is 0 Å². The van der Waals surface area contributed by atoms with Crippen molar-refractivity contribution in [3.63, 3.8) is 0 Å². The first-order valence-corrected chi connectivity index (χ1v) is 7.17. The number of benzene rings is 2. The Balaban J connectivity index is 2.40. The van der Waals surface area contributed by atoms with Gasteiger partial charge in [0.2, 0.25) is 0 Å². The van der Waals surface area contributed by atoms with Gasteiger partial charge in [-0.25, -0.2) is 0 Å². The minimum atomic E-state index is -0.0550. The molecular formula is C20H24. The second kappa shape index (κ2) is 5.28. The summed E-state index contributed by atoms with van der Waals surface area (Å²) in [5, 5.41) is 0. The molecule has 0 heteroatoms. The SMILES string of the molecule is C=C(C(C)(C)c1ccccc1)C(C)(C)c1ccccc1. The number of allylic oxidation sites excluding steroid dienone is 1. The Labute approximate surface area is 123 Å². The average molecular weight is 264 g/mol. The lowest BCUT2D eigenvalue weighted by molar-refractivity contribution is 0.488. The van der Waals surface area contributed by atoms with Crippen molar-refractivity contribution >= 4 is 0 Å². The fourth-order valence-corrected chi connectivity index (χ4v) is 2.84. The van der Waals surface area contributed by atoms with Gasteiger partial charge >= 0.3 is 0 Å². The smallest absolute Gasteiger partial charge is 0.0111 e. The molecule has 2 rings (SSSR count). The summed E-state index contributed by atoms with van der Waals surface area (Å²) in [6.07, 6.45) is 0. The van der Waals surface area contributed by atoms with Gasteiger partial charge in [0.15, 0.2) is 0 Å². The van der Waals surface area contributed by atoms with Gasteiger partial charge in [0, 0.05) is 10.8 Å². The minimum absolute atomic E-state index is 0.0550. The van der Waals surface area contributed by atoms with Gasteiger partial charge in [-0.3, -0.25) is 0 Å². The molecule has 104 valence electrons. The van der Waals surface area contributed by atoms with Gasteiger partial charge in [0.05, 0.1) is 0 Å². The molecule has 2 aromatic carbocycles. The lowest BCUT2D eigenvalue weighted by Crippen LogP contribution is -2.33. The van der Waals surface area contributed by atoms with Crippen LogP contribution in [-0.2, 0) is 10.8 Å². The number of hydrogen-bond donors (Lipinski definition) is 0. The van der Waals surface area contributed by atoms with Crippen LogP contribution in [-0.4, -0.2) is 0 Å². The topological polar surface area (TPSA) is 0 Å². The molecule has 0 saturated heterocycles. The predicted octanol–water partition coefficient (Wildman–Crippen LogP) is 5.50. The van der Waals surface area contributed by atoms with Crippen molar-refractivity contribution in [3.8, 4) is 0 Å². The zero-order chi connectivity index (χ0) is 14.8. The fraction of sp³-hybridized carbons (Fsp3) is 0.300. The summed E-state index contributed by atoms with van der Waals surface area (Å²) in [6.45, 7) is 13.5. The Bertz CT molecular complexity index is 520. The van der Waals surface area contributed by atoms with Crippen molar-refractivity contribution in [3.05, 3.63) is 83.9 Å². The van der Waals surface area contributed by atoms with Crippen LogP contribution in [0.1, 0.15) is 38.8 Å². The van der Waals surface area contributed by atoms with Crippen LogP contribution in [0.5, 0.6) is 0 Å². The summed E-state index contributed by atoms with van der Waals surface area (Å²) in [5.41, 5.74) is 3.76. The third-order valence-corrected chi connectivity index (χ3v) is 4.50. The molecule has 0 aliphatic carbocycles. The van der Waals surface area contributed by atoms with Gasteiger partial charge in [-0.05, 0) is 11.1 Å². The van der Waals surface area contributed by atoms with E-state index in [-0.39, 0.29) is 10.8 Å². The molecule has 0 atom stereocenters. The zero-order valence-electron chi connectivity index (χ0n) is 13.0. The van der Waals surface area contributed by atoms with Crippen molar-refractivity contribution in [2.75, 3.05) is 0 Å².